The van der Waals surface area contributed by atoms with E-state index in [2.05, 4.69) is 30.9 Å². The van der Waals surface area contributed by atoms with Crippen molar-refractivity contribution in [2.45, 2.75) is 40.4 Å². The van der Waals surface area contributed by atoms with Crippen LogP contribution in [0.5, 0.6) is 0 Å². The SMILES string of the molecule is COCCCBr.COCCCN(CCN1CCS(=O)(=O)CC1)S(=O)(=O)c1ccccc1[N+](=O)[O-].COCCCN(CCN1CCS(=O)(=O)CC1)S(=O)(=O)c1ccccc1[N+](=O)[O-].COCCCNCCN1CCS(=O)(=O)CC1.O=[N+]([O-])c1ccccc1S(=O)(=O)NCCN1CCS(=O)(=O)CC1. The van der Waals surface area contributed by atoms with Gasteiger partial charge in [-0.05, 0) is 50.4 Å². The Bertz CT molecular complexity index is 3670. The summed E-state index contributed by atoms with van der Waals surface area (Å²) < 4.78 is 192. The molecule has 0 aromatic heterocycles. The number of nitrogens with zero attached hydrogens (tertiary/aromatic N) is 9. The van der Waals surface area contributed by atoms with Crippen molar-refractivity contribution in [3.05, 3.63) is 103 Å². The molecule has 35 nitrogen and oxygen atoms in total. The van der Waals surface area contributed by atoms with Gasteiger partial charge < -0.3 is 43.9 Å². The molecule has 578 valence electrons. The highest BCUT2D eigenvalue weighted by atomic mass is 79.9. The molecule has 3 aromatic rings. The molecule has 3 aromatic carbocycles. The largest absolute Gasteiger partial charge is 0.385 e. The normalized spacial score (nSPS) is 17.9. The molecular formula is C58H98BrN11O24S7. The van der Waals surface area contributed by atoms with Crippen molar-refractivity contribution in [1.82, 2.24) is 38.2 Å². The molecule has 0 spiro atoms. The Morgan fingerprint density at radius 2 is 0.703 bits per heavy atom. The first-order valence-corrected chi connectivity index (χ1v) is 45.0. The summed E-state index contributed by atoms with van der Waals surface area (Å²) in [5.74, 6) is 0.948. The molecule has 4 heterocycles. The Labute approximate surface area is 603 Å². The van der Waals surface area contributed by atoms with Gasteiger partial charge in [-0.1, -0.05) is 52.3 Å². The molecule has 101 heavy (non-hydrogen) atoms. The third-order valence-corrected chi connectivity index (χ3v) is 28.2. The lowest BCUT2D eigenvalue weighted by Crippen LogP contribution is -2.45. The third-order valence-electron chi connectivity index (χ3n) is 15.8. The van der Waals surface area contributed by atoms with E-state index in [9.17, 15) is 89.3 Å². The van der Waals surface area contributed by atoms with Crippen LogP contribution in [0, 0.1) is 30.3 Å². The summed E-state index contributed by atoms with van der Waals surface area (Å²) in [6, 6.07) is 15.6. The molecule has 43 heteroatoms. The highest BCUT2D eigenvalue weighted by Crippen LogP contribution is 2.29. The van der Waals surface area contributed by atoms with Gasteiger partial charge in [-0.3, -0.25) is 30.3 Å². The fourth-order valence-electron chi connectivity index (χ4n) is 9.96. The molecule has 0 saturated carbocycles. The summed E-state index contributed by atoms with van der Waals surface area (Å²) in [5, 5.41) is 37.8. The quantitative estimate of drug-likeness (QED) is 0.0356. The number of halogens is 1. The maximum Gasteiger partial charge on any atom is 0.289 e. The van der Waals surface area contributed by atoms with Crippen molar-refractivity contribution in [1.29, 1.82) is 0 Å². The minimum Gasteiger partial charge on any atom is -0.385 e. The van der Waals surface area contributed by atoms with E-state index in [4.69, 9.17) is 18.9 Å². The second kappa shape index (κ2) is 45.8. The molecule has 4 aliphatic heterocycles. The second-order valence-electron chi connectivity index (χ2n) is 23.2. The predicted octanol–water partition coefficient (Wildman–Crippen LogP) is 1.07. The van der Waals surface area contributed by atoms with E-state index in [1.165, 1.54) is 77.4 Å². The molecule has 0 atom stereocenters. The maximum atomic E-state index is 13.1. The lowest BCUT2D eigenvalue weighted by Gasteiger charge is -2.29. The monoisotopic (exact) mass is 1640 g/mol. The summed E-state index contributed by atoms with van der Waals surface area (Å²) in [6.45, 7) is 10.2. The van der Waals surface area contributed by atoms with Gasteiger partial charge in [-0.25, -0.2) is 63.6 Å². The summed E-state index contributed by atoms with van der Waals surface area (Å²) in [5.41, 5.74) is -1.42. The number of rotatable bonds is 36. The number of sulfone groups is 4. The van der Waals surface area contributed by atoms with Crippen molar-refractivity contribution in [3.8, 4) is 0 Å². The Morgan fingerprint density at radius 1 is 0.416 bits per heavy atom. The molecule has 0 amide bonds. The molecule has 0 unspecified atom stereocenters. The van der Waals surface area contributed by atoms with Gasteiger partial charge in [0.25, 0.3) is 17.1 Å². The molecule has 0 aliphatic carbocycles. The van der Waals surface area contributed by atoms with Gasteiger partial charge in [0.2, 0.25) is 30.1 Å². The first-order chi connectivity index (χ1) is 47.6. The van der Waals surface area contributed by atoms with Crippen LogP contribution in [0.25, 0.3) is 0 Å². The van der Waals surface area contributed by atoms with Crippen LogP contribution in [0.15, 0.2) is 87.5 Å². The Morgan fingerprint density at radius 3 is 1.02 bits per heavy atom. The van der Waals surface area contributed by atoms with Crippen molar-refractivity contribution < 1.29 is 92.6 Å². The number of methoxy groups -OCH3 is 4. The molecule has 7 rings (SSSR count). The van der Waals surface area contributed by atoms with E-state index in [-0.39, 0.29) is 81.9 Å². The van der Waals surface area contributed by atoms with Gasteiger partial charge >= 0.3 is 0 Å². The van der Waals surface area contributed by atoms with E-state index >= 15 is 0 Å². The Hall–Kier alpha value is -4.49. The Kier molecular flexibility index (Phi) is 41.1. The Balaban J connectivity index is 0.000000346. The van der Waals surface area contributed by atoms with E-state index in [0.29, 0.717) is 110 Å². The van der Waals surface area contributed by atoms with Crippen LogP contribution in [0.1, 0.15) is 25.7 Å². The fourth-order valence-corrected chi connectivity index (χ4v) is 19.7. The van der Waals surface area contributed by atoms with Gasteiger partial charge in [0.1, 0.15) is 0 Å². The zero-order valence-corrected chi connectivity index (χ0v) is 64.7. The number of sulfonamides is 3. The van der Waals surface area contributed by atoms with Crippen LogP contribution in [0.3, 0.4) is 0 Å². The standard InChI is InChI=1S/2C16H25N3O7S2.C12H17N3O6S2.C10H22N2O3S.C4H9BrO/c2*1-26-12-4-7-18(9-8-17-10-13-27(22,23)14-11-17)28(24,25)16-6-3-2-5-15(16)19(20)21;16-15(17)11-3-1-2-4-12(11)23(20,21)13-5-6-14-7-9-22(18,19)10-8-14;1-15-8-2-3-11-4-5-12-6-9-16(13,14)10-7-12;1-6-4-2-3-5/h2*2-3,5-6H,4,7-14H2,1H3;1-4,13H,5-10H2;11H,2-10H2,1H3;2-4H2,1H3. The average molecular weight is 1640 g/mol. The number of hydrogen-bond acceptors (Lipinski definition) is 29. The second-order valence-corrected chi connectivity index (χ2v) is 38.7. The first-order valence-electron chi connectivity index (χ1n) is 32.2. The van der Waals surface area contributed by atoms with Crippen molar-refractivity contribution in [2.75, 3.05) is 231 Å². The lowest BCUT2D eigenvalue weighted by atomic mass is 10.3. The highest BCUT2D eigenvalue weighted by molar-refractivity contribution is 9.09. The van der Waals surface area contributed by atoms with Crippen LogP contribution >= 0.6 is 15.9 Å². The smallest absolute Gasteiger partial charge is 0.289 e. The molecule has 0 bridgehead atoms. The summed E-state index contributed by atoms with van der Waals surface area (Å²) in [7, 11) is -17.5. The van der Waals surface area contributed by atoms with Crippen LogP contribution in [0.2, 0.25) is 0 Å². The zero-order chi connectivity index (χ0) is 75.3. The van der Waals surface area contributed by atoms with Crippen molar-refractivity contribution >= 4 is 102 Å². The molecule has 4 aliphatic rings. The molecule has 2 N–H and O–H groups in total. The highest BCUT2D eigenvalue weighted by Gasteiger charge is 2.35. The molecule has 0 radical (unpaired) electrons. The third kappa shape index (κ3) is 34.1. The topological polar surface area (TPSA) is 449 Å². The van der Waals surface area contributed by atoms with E-state index in [0.717, 1.165) is 69.2 Å². The predicted molar refractivity (Wildman–Crippen MR) is 385 cm³/mol. The van der Waals surface area contributed by atoms with Crippen molar-refractivity contribution in [2.24, 2.45) is 0 Å². The zero-order valence-electron chi connectivity index (χ0n) is 57.4. The lowest BCUT2D eigenvalue weighted by molar-refractivity contribution is -0.388. The van der Waals surface area contributed by atoms with Crippen LogP contribution < -0.4 is 10.0 Å². The minimum atomic E-state index is -4.09. The van der Waals surface area contributed by atoms with Gasteiger partial charge in [-0.2, -0.15) is 8.61 Å². The minimum absolute atomic E-state index is 0.0492. The summed E-state index contributed by atoms with van der Waals surface area (Å²) in [4.78, 5) is 38.0. The summed E-state index contributed by atoms with van der Waals surface area (Å²) >= 11 is 3.27. The van der Waals surface area contributed by atoms with Gasteiger partial charge in [0, 0.05) is 196 Å². The summed E-state index contributed by atoms with van der Waals surface area (Å²) in [6.07, 6.45) is 3.00. The van der Waals surface area contributed by atoms with Crippen LogP contribution in [-0.4, -0.2) is 332 Å². The number of nitrogens with one attached hydrogen (secondary N) is 2. The first kappa shape index (κ1) is 90.7. The fraction of sp³-hybridized carbons (Fsp3) is 0.690. The van der Waals surface area contributed by atoms with E-state index in [1.807, 2.05) is 14.7 Å². The number of ether oxygens (including phenoxy) is 4. The van der Waals surface area contributed by atoms with Crippen LogP contribution in [-0.2, 0) is 88.4 Å². The number of para-hydroxylation sites is 3. The van der Waals surface area contributed by atoms with Crippen LogP contribution in [0.4, 0.5) is 17.1 Å². The van der Waals surface area contributed by atoms with E-state index < -0.39 is 101 Å². The average Bonchev–Trinajstić information content (AvgIpc) is 0.797. The number of nitro benzene ring substituents is 3. The van der Waals surface area contributed by atoms with E-state index in [1.54, 1.807) is 14.2 Å². The van der Waals surface area contributed by atoms with Crippen molar-refractivity contribution in [3.63, 3.8) is 0 Å². The maximum absolute atomic E-state index is 13.1. The number of benzene rings is 3. The molecular weight excluding hydrogens is 1540 g/mol. The molecule has 4 saturated heterocycles. The molecule has 4 fully saturated rings. The van der Waals surface area contributed by atoms with Gasteiger partial charge in [0.15, 0.2) is 54.0 Å². The number of alkyl halides is 1. The van der Waals surface area contributed by atoms with Gasteiger partial charge in [0.05, 0.1) is 60.8 Å². The number of hydrogen-bond donors (Lipinski definition) is 2. The number of nitro groups is 3. The van der Waals surface area contributed by atoms with Gasteiger partial charge in [-0.15, -0.1) is 0 Å².